The topological polar surface area (TPSA) is 72.5 Å². The second-order valence-corrected chi connectivity index (χ2v) is 2.50. The highest BCUT2D eigenvalue weighted by molar-refractivity contribution is 5.92. The van der Waals surface area contributed by atoms with Crippen LogP contribution >= 0.6 is 0 Å². The fourth-order valence-corrected chi connectivity index (χ4v) is 0.902. The highest BCUT2D eigenvalue weighted by Crippen LogP contribution is 2.25. The predicted octanol–water partition coefficient (Wildman–Crippen LogP) is 0.238. The van der Waals surface area contributed by atoms with E-state index in [-0.39, 0.29) is 5.75 Å². The third kappa shape index (κ3) is 2.42. The molecule has 1 amide bonds. The molecule has 0 heterocycles. The summed E-state index contributed by atoms with van der Waals surface area (Å²) in [7, 11) is 1.45. The summed E-state index contributed by atoms with van der Waals surface area (Å²) in [5.74, 6) is 4.28. The van der Waals surface area contributed by atoms with Gasteiger partial charge in [0, 0.05) is 5.56 Å². The number of nitrogens with two attached hydrogens (primary N) is 1. The van der Waals surface area contributed by atoms with Crippen molar-refractivity contribution in [2.75, 3.05) is 7.11 Å². The Kier molecular flexibility index (Phi) is 2.97. The zero-order valence-corrected chi connectivity index (χ0v) is 7.57. The van der Waals surface area contributed by atoms with Crippen LogP contribution in [0, 0.1) is 11.8 Å². The van der Waals surface area contributed by atoms with E-state index in [0.717, 1.165) is 0 Å². The number of carbonyl (C=O) groups is 1. The number of ether oxygens (including phenoxy) is 1. The van der Waals surface area contributed by atoms with Crippen molar-refractivity contribution in [3.8, 4) is 23.3 Å². The van der Waals surface area contributed by atoms with E-state index in [1.807, 2.05) is 0 Å². The summed E-state index contributed by atoms with van der Waals surface area (Å²) in [5, 5.41) is 9.35. The lowest BCUT2D eigenvalue weighted by atomic mass is 10.2. The van der Waals surface area contributed by atoms with E-state index in [2.05, 4.69) is 11.8 Å². The van der Waals surface area contributed by atoms with Crippen molar-refractivity contribution in [2.24, 2.45) is 5.73 Å². The summed E-state index contributed by atoms with van der Waals surface area (Å²) < 4.78 is 4.84. The maximum atomic E-state index is 10.3. The van der Waals surface area contributed by atoms with E-state index >= 15 is 0 Å². The molecule has 3 N–H and O–H groups in total. The van der Waals surface area contributed by atoms with Crippen LogP contribution in [0.15, 0.2) is 18.2 Å². The molecule has 14 heavy (non-hydrogen) atoms. The first-order valence-corrected chi connectivity index (χ1v) is 3.82. The Morgan fingerprint density at radius 2 is 2.29 bits per heavy atom. The third-order valence-corrected chi connectivity index (χ3v) is 1.51. The maximum Gasteiger partial charge on any atom is 0.293 e. The summed E-state index contributed by atoms with van der Waals surface area (Å²) in [6.45, 7) is 0. The van der Waals surface area contributed by atoms with E-state index in [0.29, 0.717) is 11.3 Å². The molecule has 0 saturated heterocycles. The van der Waals surface area contributed by atoms with Crippen LogP contribution in [-0.2, 0) is 4.79 Å². The Morgan fingerprint density at radius 3 is 2.79 bits per heavy atom. The van der Waals surface area contributed by atoms with Gasteiger partial charge in [-0.15, -0.1) is 0 Å². The van der Waals surface area contributed by atoms with Gasteiger partial charge in [0.1, 0.15) is 0 Å². The summed E-state index contributed by atoms with van der Waals surface area (Å²) >= 11 is 0. The molecule has 0 bridgehead atoms. The largest absolute Gasteiger partial charge is 0.504 e. The first-order valence-electron chi connectivity index (χ1n) is 3.82. The molecule has 1 rings (SSSR count). The van der Waals surface area contributed by atoms with Crippen molar-refractivity contribution in [3.05, 3.63) is 23.8 Å². The van der Waals surface area contributed by atoms with E-state index < -0.39 is 5.91 Å². The van der Waals surface area contributed by atoms with Crippen LogP contribution in [-0.4, -0.2) is 18.1 Å². The molecule has 1 aromatic rings. The van der Waals surface area contributed by atoms with Gasteiger partial charge >= 0.3 is 0 Å². The lowest BCUT2D eigenvalue weighted by Gasteiger charge is -2.01. The van der Waals surface area contributed by atoms with Gasteiger partial charge in [0.25, 0.3) is 5.91 Å². The standard InChI is InChI=1S/C10H9NO3/c1-14-9-4-2-7(6-8(9)12)3-5-10(11)13/h2,4,6,12H,1H3,(H2,11,13). The summed E-state index contributed by atoms with van der Waals surface area (Å²) in [6, 6.07) is 4.57. The molecule has 0 unspecified atom stereocenters. The van der Waals surface area contributed by atoms with Crippen LogP contribution in [0.3, 0.4) is 0 Å². The van der Waals surface area contributed by atoms with Gasteiger partial charge in [-0.3, -0.25) is 4.79 Å². The van der Waals surface area contributed by atoms with Crippen LogP contribution in [0.5, 0.6) is 11.5 Å². The number of carbonyl (C=O) groups excluding carboxylic acids is 1. The molecule has 0 spiro atoms. The van der Waals surface area contributed by atoms with Gasteiger partial charge in [0.05, 0.1) is 7.11 Å². The van der Waals surface area contributed by atoms with Gasteiger partial charge in [-0.2, -0.15) is 0 Å². The molecule has 72 valence electrons. The summed E-state index contributed by atoms with van der Waals surface area (Å²) in [5.41, 5.74) is 5.34. The highest BCUT2D eigenvalue weighted by Gasteiger charge is 1.99. The molecule has 4 heteroatoms. The zero-order chi connectivity index (χ0) is 10.6. The smallest absolute Gasteiger partial charge is 0.293 e. The van der Waals surface area contributed by atoms with Gasteiger partial charge < -0.3 is 15.6 Å². The minimum atomic E-state index is -0.708. The summed E-state index contributed by atoms with van der Waals surface area (Å²) in [6.07, 6.45) is 0. The number of hydrogen-bond donors (Lipinski definition) is 2. The van der Waals surface area contributed by atoms with E-state index in [1.165, 1.54) is 13.2 Å². The Morgan fingerprint density at radius 1 is 1.57 bits per heavy atom. The van der Waals surface area contributed by atoms with Crippen molar-refractivity contribution < 1.29 is 14.6 Å². The van der Waals surface area contributed by atoms with Gasteiger partial charge in [-0.25, -0.2) is 0 Å². The summed E-state index contributed by atoms with van der Waals surface area (Å²) in [4.78, 5) is 10.3. The highest BCUT2D eigenvalue weighted by atomic mass is 16.5. The van der Waals surface area contributed by atoms with Crippen LogP contribution < -0.4 is 10.5 Å². The van der Waals surface area contributed by atoms with E-state index in [9.17, 15) is 9.90 Å². The third-order valence-electron chi connectivity index (χ3n) is 1.51. The molecule has 0 aliphatic heterocycles. The molecule has 0 saturated carbocycles. The van der Waals surface area contributed by atoms with Gasteiger partial charge in [0.2, 0.25) is 0 Å². The number of hydrogen-bond acceptors (Lipinski definition) is 3. The minimum Gasteiger partial charge on any atom is -0.504 e. The van der Waals surface area contributed by atoms with Crippen molar-refractivity contribution in [1.29, 1.82) is 0 Å². The average Bonchev–Trinajstić information content (AvgIpc) is 2.15. The fraction of sp³-hybridized carbons (Fsp3) is 0.100. The van der Waals surface area contributed by atoms with E-state index in [1.54, 1.807) is 12.1 Å². The fourth-order valence-electron chi connectivity index (χ4n) is 0.902. The lowest BCUT2D eigenvalue weighted by molar-refractivity contribution is -0.112. The Bertz CT molecular complexity index is 415. The van der Waals surface area contributed by atoms with Gasteiger partial charge in [-0.05, 0) is 24.1 Å². The van der Waals surface area contributed by atoms with Crippen LogP contribution in [0.2, 0.25) is 0 Å². The number of phenolic OH excluding ortho intramolecular Hbond substituents is 1. The number of benzene rings is 1. The van der Waals surface area contributed by atoms with E-state index in [4.69, 9.17) is 10.5 Å². The quantitative estimate of drug-likeness (QED) is 0.624. The Labute approximate surface area is 81.3 Å². The number of aromatic hydroxyl groups is 1. The molecular weight excluding hydrogens is 182 g/mol. The zero-order valence-electron chi connectivity index (χ0n) is 7.57. The van der Waals surface area contributed by atoms with Crippen molar-refractivity contribution >= 4 is 5.91 Å². The number of primary amides is 1. The molecule has 0 fully saturated rings. The molecule has 0 aliphatic carbocycles. The SMILES string of the molecule is COc1ccc(C#CC(N)=O)cc1O. The molecule has 1 aromatic carbocycles. The molecule has 4 nitrogen and oxygen atoms in total. The van der Waals surface area contributed by atoms with Gasteiger partial charge in [-0.1, -0.05) is 5.92 Å². The van der Waals surface area contributed by atoms with Crippen LogP contribution in [0.4, 0.5) is 0 Å². The van der Waals surface area contributed by atoms with Crippen LogP contribution in [0.25, 0.3) is 0 Å². The Hall–Kier alpha value is -2.15. The Balaban J connectivity index is 2.99. The molecule has 0 aromatic heterocycles. The predicted molar refractivity (Wildman–Crippen MR) is 50.7 cm³/mol. The first kappa shape index (κ1) is 9.93. The second kappa shape index (κ2) is 4.19. The monoisotopic (exact) mass is 191 g/mol. The lowest BCUT2D eigenvalue weighted by Crippen LogP contribution is -2.06. The second-order valence-electron chi connectivity index (χ2n) is 2.50. The first-order chi connectivity index (χ1) is 6.63. The number of rotatable bonds is 1. The van der Waals surface area contributed by atoms with Crippen molar-refractivity contribution in [1.82, 2.24) is 0 Å². The minimum absolute atomic E-state index is 0.0243. The normalized spacial score (nSPS) is 8.64. The van der Waals surface area contributed by atoms with Gasteiger partial charge in [0.15, 0.2) is 11.5 Å². The molecule has 0 aliphatic rings. The average molecular weight is 191 g/mol. The number of phenols is 1. The van der Waals surface area contributed by atoms with Crippen LogP contribution in [0.1, 0.15) is 5.56 Å². The molecule has 0 radical (unpaired) electrons. The number of amides is 1. The van der Waals surface area contributed by atoms with Crippen molar-refractivity contribution in [2.45, 2.75) is 0 Å². The maximum absolute atomic E-state index is 10.3. The molecular formula is C10H9NO3. The van der Waals surface area contributed by atoms with Crippen molar-refractivity contribution in [3.63, 3.8) is 0 Å². The molecule has 0 atom stereocenters. The number of methoxy groups -OCH3 is 1.